The molecule has 0 amide bonds. The summed E-state index contributed by atoms with van der Waals surface area (Å²) in [6, 6.07) is 2.30. The summed E-state index contributed by atoms with van der Waals surface area (Å²) in [5.41, 5.74) is 1.71. The maximum atomic E-state index is 13.7. The Kier molecular flexibility index (Phi) is 2.16. The first-order valence-electron chi connectivity index (χ1n) is 6.16. The Labute approximate surface area is 105 Å². The number of rotatable bonds is 0. The molecule has 2 heterocycles. The lowest BCUT2D eigenvalue weighted by Gasteiger charge is -2.34. The molecule has 5 heteroatoms. The fourth-order valence-electron chi connectivity index (χ4n) is 3.10. The molecular formula is C13H15FN4. The molecule has 0 fully saturated rings. The quantitative estimate of drug-likeness (QED) is 0.659. The van der Waals surface area contributed by atoms with Crippen molar-refractivity contribution in [3.63, 3.8) is 0 Å². The third-order valence-corrected chi connectivity index (χ3v) is 4.03. The van der Waals surface area contributed by atoms with Gasteiger partial charge in [-0.05, 0) is 6.42 Å². The van der Waals surface area contributed by atoms with Crippen LogP contribution >= 0.6 is 0 Å². The van der Waals surface area contributed by atoms with Crippen LogP contribution < -0.4 is 0 Å². The lowest BCUT2D eigenvalue weighted by Crippen LogP contribution is -2.36. The van der Waals surface area contributed by atoms with Crippen LogP contribution in [-0.4, -0.2) is 23.4 Å². The fourth-order valence-corrected chi connectivity index (χ4v) is 3.10. The normalized spacial score (nSPS) is 36.3. The van der Waals surface area contributed by atoms with E-state index in [1.807, 2.05) is 0 Å². The molecular weight excluding hydrogens is 231 g/mol. The molecule has 0 aromatic rings. The van der Waals surface area contributed by atoms with Gasteiger partial charge >= 0.3 is 0 Å². The van der Waals surface area contributed by atoms with Gasteiger partial charge in [0.15, 0.2) is 6.17 Å². The highest BCUT2D eigenvalue weighted by Gasteiger charge is 2.49. The van der Waals surface area contributed by atoms with Gasteiger partial charge in [-0.25, -0.2) is 5.01 Å². The first-order chi connectivity index (χ1) is 8.45. The molecule has 18 heavy (non-hydrogen) atoms. The van der Waals surface area contributed by atoms with Gasteiger partial charge in [-0.3, -0.25) is 4.99 Å². The van der Waals surface area contributed by atoms with E-state index in [9.17, 15) is 9.65 Å². The third-order valence-electron chi connectivity index (χ3n) is 4.03. The number of hydrazone groups is 1. The van der Waals surface area contributed by atoms with E-state index in [0.29, 0.717) is 0 Å². The summed E-state index contributed by atoms with van der Waals surface area (Å²) in [7, 11) is 0. The number of hydrogen-bond donors (Lipinski definition) is 0. The molecule has 0 saturated heterocycles. The highest BCUT2D eigenvalue weighted by Crippen LogP contribution is 2.50. The van der Waals surface area contributed by atoms with Crippen LogP contribution in [0.2, 0.25) is 0 Å². The van der Waals surface area contributed by atoms with E-state index >= 15 is 0 Å². The number of nitriles is 1. The van der Waals surface area contributed by atoms with Crippen molar-refractivity contribution >= 4 is 12.2 Å². The average Bonchev–Trinajstić information content (AvgIpc) is 2.75. The summed E-state index contributed by atoms with van der Waals surface area (Å²) in [4.78, 5) is 4.37. The lowest BCUT2D eigenvalue weighted by molar-refractivity contribution is 0.209. The second kappa shape index (κ2) is 3.41. The molecule has 0 aromatic carbocycles. The highest BCUT2D eigenvalue weighted by molar-refractivity contribution is 5.86. The second-order valence-corrected chi connectivity index (χ2v) is 5.82. The first-order valence-corrected chi connectivity index (χ1v) is 6.16. The Morgan fingerprint density at radius 3 is 2.94 bits per heavy atom. The molecule has 0 radical (unpaired) electrons. The maximum Gasteiger partial charge on any atom is 0.214 e. The molecule has 94 valence electrons. The van der Waals surface area contributed by atoms with Crippen LogP contribution in [0.3, 0.4) is 0 Å². The van der Waals surface area contributed by atoms with Gasteiger partial charge in [0.2, 0.25) is 5.97 Å². The van der Waals surface area contributed by atoms with Crippen molar-refractivity contribution in [3.05, 3.63) is 11.3 Å². The SMILES string of the molecule is CC1C(F)=NN2C3=C(C=NC12)C(C#N)CC3(C)C. The second-order valence-electron chi connectivity index (χ2n) is 5.82. The Morgan fingerprint density at radius 2 is 2.28 bits per heavy atom. The van der Waals surface area contributed by atoms with Crippen LogP contribution in [0.15, 0.2) is 21.4 Å². The molecule has 2 aliphatic heterocycles. The molecule has 4 nitrogen and oxygen atoms in total. The molecule has 3 aliphatic rings. The van der Waals surface area contributed by atoms with Crippen molar-refractivity contribution in [2.24, 2.45) is 27.3 Å². The summed E-state index contributed by atoms with van der Waals surface area (Å²) < 4.78 is 13.7. The smallest absolute Gasteiger partial charge is 0.214 e. The number of aliphatic imine (C=N–C) groups is 1. The maximum absolute atomic E-state index is 13.7. The van der Waals surface area contributed by atoms with Gasteiger partial charge < -0.3 is 0 Å². The van der Waals surface area contributed by atoms with Crippen LogP contribution in [0.25, 0.3) is 0 Å². The zero-order valence-corrected chi connectivity index (χ0v) is 10.7. The minimum absolute atomic E-state index is 0.158. The predicted molar refractivity (Wildman–Crippen MR) is 66.4 cm³/mol. The van der Waals surface area contributed by atoms with Crippen molar-refractivity contribution in [1.82, 2.24) is 5.01 Å². The number of fused-ring (bicyclic) bond motifs is 2. The van der Waals surface area contributed by atoms with Gasteiger partial charge in [-0.1, -0.05) is 20.8 Å². The molecule has 3 unspecified atom stereocenters. The summed E-state index contributed by atoms with van der Waals surface area (Å²) in [5.74, 6) is -0.844. The Balaban J connectivity index is 2.12. The Morgan fingerprint density at radius 1 is 1.56 bits per heavy atom. The van der Waals surface area contributed by atoms with Gasteiger partial charge in [0.1, 0.15) is 0 Å². The lowest BCUT2D eigenvalue weighted by atomic mass is 9.87. The molecule has 0 bridgehead atoms. The van der Waals surface area contributed by atoms with Gasteiger partial charge in [0.25, 0.3) is 0 Å². The molecule has 0 N–H and O–H groups in total. The van der Waals surface area contributed by atoms with Crippen molar-refractivity contribution in [1.29, 1.82) is 5.26 Å². The van der Waals surface area contributed by atoms with E-state index in [1.165, 1.54) is 0 Å². The third kappa shape index (κ3) is 1.29. The van der Waals surface area contributed by atoms with Crippen LogP contribution in [0, 0.1) is 28.6 Å². The number of allylic oxidation sites excluding steroid dienone is 2. The zero-order valence-electron chi connectivity index (χ0n) is 10.7. The number of halogens is 1. The van der Waals surface area contributed by atoms with Crippen molar-refractivity contribution < 1.29 is 4.39 Å². The number of nitrogens with zero attached hydrogens (tertiary/aromatic N) is 4. The van der Waals surface area contributed by atoms with E-state index in [0.717, 1.165) is 17.7 Å². The van der Waals surface area contributed by atoms with Crippen LogP contribution in [0.5, 0.6) is 0 Å². The topological polar surface area (TPSA) is 51.8 Å². The molecule has 0 aromatic heterocycles. The van der Waals surface area contributed by atoms with E-state index in [4.69, 9.17) is 0 Å². The van der Waals surface area contributed by atoms with Gasteiger partial charge in [0.05, 0.1) is 23.6 Å². The molecule has 3 atom stereocenters. The Bertz CT molecular complexity index is 538. The number of hydrogen-bond acceptors (Lipinski definition) is 4. The van der Waals surface area contributed by atoms with Gasteiger partial charge in [-0.2, -0.15) is 9.65 Å². The zero-order chi connectivity index (χ0) is 13.1. The Hall–Kier alpha value is -1.70. The minimum Gasteiger partial charge on any atom is -0.265 e. The average molecular weight is 246 g/mol. The first kappa shape index (κ1) is 11.4. The summed E-state index contributed by atoms with van der Waals surface area (Å²) in [6.45, 7) is 5.94. The van der Waals surface area contributed by atoms with Crippen LogP contribution in [-0.2, 0) is 0 Å². The highest BCUT2D eigenvalue weighted by atomic mass is 19.1. The minimum atomic E-state index is -0.373. The van der Waals surface area contributed by atoms with Crippen LogP contribution in [0.4, 0.5) is 4.39 Å². The van der Waals surface area contributed by atoms with Crippen molar-refractivity contribution in [2.45, 2.75) is 33.4 Å². The van der Waals surface area contributed by atoms with Crippen LogP contribution in [0.1, 0.15) is 27.2 Å². The molecule has 1 aliphatic carbocycles. The van der Waals surface area contributed by atoms with E-state index < -0.39 is 0 Å². The predicted octanol–water partition coefficient (Wildman–Crippen LogP) is 2.46. The summed E-state index contributed by atoms with van der Waals surface area (Å²) >= 11 is 0. The van der Waals surface area contributed by atoms with Gasteiger partial charge in [-0.15, -0.1) is 5.10 Å². The van der Waals surface area contributed by atoms with E-state index in [1.54, 1.807) is 18.1 Å². The standard InChI is InChI=1S/C13H15FN4/c1-7-11(14)17-18-10-9(6-16-12(7)18)8(5-15)4-13(10,2)3/h6-8,12H,4H2,1-3H3. The summed E-state index contributed by atoms with van der Waals surface area (Å²) in [5, 5.41) is 14.9. The monoisotopic (exact) mass is 246 g/mol. The van der Waals surface area contributed by atoms with Gasteiger partial charge in [0, 0.05) is 17.2 Å². The van der Waals surface area contributed by atoms with E-state index in [-0.39, 0.29) is 29.4 Å². The molecule has 0 saturated carbocycles. The van der Waals surface area contributed by atoms with Crippen molar-refractivity contribution in [3.8, 4) is 6.07 Å². The fraction of sp³-hybridized carbons (Fsp3) is 0.615. The largest absolute Gasteiger partial charge is 0.265 e. The van der Waals surface area contributed by atoms with Crippen molar-refractivity contribution in [2.75, 3.05) is 0 Å². The molecule has 3 rings (SSSR count). The van der Waals surface area contributed by atoms with E-state index in [2.05, 4.69) is 30.0 Å². The molecule has 0 spiro atoms. The summed E-state index contributed by atoms with van der Waals surface area (Å²) in [6.07, 6.45) is 2.22.